The minimum atomic E-state index is 0.224. The lowest BCUT2D eigenvalue weighted by Crippen LogP contribution is -2.06. The first kappa shape index (κ1) is 10.5. The van der Waals surface area contributed by atoms with Gasteiger partial charge in [-0.15, -0.1) is 0 Å². The molecule has 1 N–H and O–H groups in total. The summed E-state index contributed by atoms with van der Waals surface area (Å²) in [6.45, 7) is 6.31. The van der Waals surface area contributed by atoms with E-state index in [1.807, 2.05) is 0 Å². The van der Waals surface area contributed by atoms with Crippen LogP contribution in [0.15, 0.2) is 24.3 Å². The van der Waals surface area contributed by atoms with Crippen LogP contribution in [-0.4, -0.2) is 13.2 Å². The van der Waals surface area contributed by atoms with E-state index >= 15 is 0 Å². The molecule has 1 aliphatic rings. The van der Waals surface area contributed by atoms with Crippen LogP contribution >= 0.6 is 0 Å². The Balaban J connectivity index is 1.92. The van der Waals surface area contributed by atoms with Crippen molar-refractivity contribution in [2.45, 2.75) is 32.2 Å². The molecule has 2 nitrogen and oxygen atoms in total. The molecule has 1 aromatic carbocycles. The number of hydrogen-bond acceptors (Lipinski definition) is 2. The van der Waals surface area contributed by atoms with Crippen molar-refractivity contribution >= 4 is 0 Å². The second-order valence-electron chi connectivity index (χ2n) is 4.41. The maximum absolute atomic E-state index is 5.61. The van der Waals surface area contributed by atoms with Crippen molar-refractivity contribution in [1.82, 2.24) is 5.32 Å². The van der Waals surface area contributed by atoms with E-state index in [0.29, 0.717) is 0 Å². The first-order chi connectivity index (χ1) is 7.24. The van der Waals surface area contributed by atoms with Gasteiger partial charge in [-0.3, -0.25) is 0 Å². The van der Waals surface area contributed by atoms with Crippen LogP contribution in [0, 0.1) is 0 Å². The summed E-state index contributed by atoms with van der Waals surface area (Å²) in [5, 5.41) is 3.36. The van der Waals surface area contributed by atoms with E-state index in [-0.39, 0.29) is 5.54 Å². The molecule has 0 aromatic heterocycles. The molecule has 1 aliphatic heterocycles. The monoisotopic (exact) mass is 205 g/mol. The first-order valence-electron chi connectivity index (χ1n) is 5.73. The van der Waals surface area contributed by atoms with Gasteiger partial charge in [-0.25, -0.2) is 0 Å². The Bertz CT molecular complexity index is 314. The van der Waals surface area contributed by atoms with Crippen molar-refractivity contribution in [1.29, 1.82) is 0 Å². The first-order valence-corrected chi connectivity index (χ1v) is 5.73. The largest absolute Gasteiger partial charge is 0.494 e. The van der Waals surface area contributed by atoms with Crippen molar-refractivity contribution in [2.24, 2.45) is 0 Å². The van der Waals surface area contributed by atoms with Gasteiger partial charge in [0.1, 0.15) is 5.75 Å². The summed E-state index contributed by atoms with van der Waals surface area (Å²) < 4.78 is 5.61. The minimum absolute atomic E-state index is 0.224. The molecule has 1 heterocycles. The quantitative estimate of drug-likeness (QED) is 0.592. The lowest BCUT2D eigenvalue weighted by Gasteiger charge is -2.09. The predicted molar refractivity (Wildman–Crippen MR) is 62.2 cm³/mol. The summed E-state index contributed by atoms with van der Waals surface area (Å²) in [7, 11) is 0. The van der Waals surface area contributed by atoms with Gasteiger partial charge in [0.25, 0.3) is 0 Å². The van der Waals surface area contributed by atoms with Crippen molar-refractivity contribution in [3.8, 4) is 5.75 Å². The molecular formula is C13H19NO. The van der Waals surface area contributed by atoms with Gasteiger partial charge in [0.15, 0.2) is 0 Å². The van der Waals surface area contributed by atoms with Crippen LogP contribution in [0.2, 0.25) is 0 Å². The summed E-state index contributed by atoms with van der Waals surface area (Å²) in [5.41, 5.74) is 1.58. The Kier molecular flexibility index (Phi) is 2.96. The minimum Gasteiger partial charge on any atom is -0.494 e. The summed E-state index contributed by atoms with van der Waals surface area (Å²) in [6.07, 6.45) is 2.31. The maximum atomic E-state index is 5.61. The maximum Gasteiger partial charge on any atom is 0.119 e. The number of ether oxygens (including phenoxy) is 1. The number of hydrogen-bond donors (Lipinski definition) is 1. The molecule has 1 fully saturated rings. The molecule has 2 rings (SSSR count). The lowest BCUT2D eigenvalue weighted by molar-refractivity contribution is 0.309. The zero-order valence-corrected chi connectivity index (χ0v) is 9.55. The predicted octanol–water partition coefficient (Wildman–Crippen LogP) is 2.68. The highest BCUT2D eigenvalue weighted by Crippen LogP contribution is 2.30. The van der Waals surface area contributed by atoms with Crippen LogP contribution in [-0.2, 0) is 5.54 Å². The summed E-state index contributed by atoms with van der Waals surface area (Å²) >= 11 is 0. The molecule has 82 valence electrons. The third-order valence-corrected chi connectivity index (χ3v) is 2.97. The molecule has 0 amide bonds. The average molecular weight is 205 g/mol. The van der Waals surface area contributed by atoms with E-state index in [1.54, 1.807) is 0 Å². The highest BCUT2D eigenvalue weighted by molar-refractivity contribution is 5.34. The van der Waals surface area contributed by atoms with Gasteiger partial charge in [-0.05, 0) is 31.0 Å². The van der Waals surface area contributed by atoms with E-state index in [0.717, 1.165) is 25.3 Å². The van der Waals surface area contributed by atoms with Gasteiger partial charge in [0, 0.05) is 6.54 Å². The number of unbranched alkanes of at least 4 members (excludes halogenated alkanes) is 1. The Morgan fingerprint density at radius 2 is 2.00 bits per heavy atom. The molecule has 0 spiro atoms. The van der Waals surface area contributed by atoms with Crippen LogP contribution < -0.4 is 10.1 Å². The third kappa shape index (κ3) is 2.51. The molecule has 2 heteroatoms. The van der Waals surface area contributed by atoms with Gasteiger partial charge >= 0.3 is 0 Å². The summed E-state index contributed by atoms with van der Waals surface area (Å²) in [4.78, 5) is 0. The van der Waals surface area contributed by atoms with Crippen molar-refractivity contribution in [2.75, 3.05) is 13.2 Å². The normalized spacial score (nSPS) is 23.9. The molecule has 0 aliphatic carbocycles. The van der Waals surface area contributed by atoms with Gasteiger partial charge in [0.05, 0.1) is 12.1 Å². The molecule has 1 unspecified atom stereocenters. The fourth-order valence-electron chi connectivity index (χ4n) is 1.59. The van der Waals surface area contributed by atoms with E-state index in [4.69, 9.17) is 4.74 Å². The van der Waals surface area contributed by atoms with Crippen LogP contribution in [0.25, 0.3) is 0 Å². The van der Waals surface area contributed by atoms with Crippen LogP contribution in [0.4, 0.5) is 0 Å². The summed E-state index contributed by atoms with van der Waals surface area (Å²) in [5.74, 6) is 0.983. The van der Waals surface area contributed by atoms with E-state index in [1.165, 1.54) is 12.0 Å². The SMILES string of the molecule is CCCCOc1ccc(C2(C)CN2)cc1. The van der Waals surface area contributed by atoms with Crippen molar-refractivity contribution in [3.63, 3.8) is 0 Å². The topological polar surface area (TPSA) is 31.2 Å². The standard InChI is InChI=1S/C13H19NO/c1-3-4-9-15-12-7-5-11(6-8-12)13(2)10-14-13/h5-8,14H,3-4,9-10H2,1-2H3. The Morgan fingerprint density at radius 1 is 1.33 bits per heavy atom. The second-order valence-corrected chi connectivity index (χ2v) is 4.41. The molecule has 1 aromatic rings. The molecule has 15 heavy (non-hydrogen) atoms. The van der Waals surface area contributed by atoms with Crippen molar-refractivity contribution < 1.29 is 4.74 Å². The fourth-order valence-corrected chi connectivity index (χ4v) is 1.59. The average Bonchev–Trinajstić information content (AvgIpc) is 2.99. The van der Waals surface area contributed by atoms with Gasteiger partial charge in [-0.1, -0.05) is 25.5 Å². The summed E-state index contributed by atoms with van der Waals surface area (Å²) in [6, 6.07) is 8.44. The van der Waals surface area contributed by atoms with Gasteiger partial charge < -0.3 is 10.1 Å². The Hall–Kier alpha value is -1.02. The van der Waals surface area contributed by atoms with Crippen molar-refractivity contribution in [3.05, 3.63) is 29.8 Å². The zero-order chi connectivity index (χ0) is 10.7. The number of benzene rings is 1. The Morgan fingerprint density at radius 3 is 2.53 bits per heavy atom. The molecule has 0 bridgehead atoms. The molecular weight excluding hydrogens is 186 g/mol. The van der Waals surface area contributed by atoms with E-state index in [9.17, 15) is 0 Å². The molecule has 0 radical (unpaired) electrons. The number of nitrogens with one attached hydrogen (secondary N) is 1. The molecule has 0 saturated carbocycles. The van der Waals surface area contributed by atoms with Gasteiger partial charge in [0.2, 0.25) is 0 Å². The fraction of sp³-hybridized carbons (Fsp3) is 0.538. The highest BCUT2D eigenvalue weighted by atomic mass is 16.5. The lowest BCUT2D eigenvalue weighted by atomic mass is 10.0. The van der Waals surface area contributed by atoms with Gasteiger partial charge in [-0.2, -0.15) is 0 Å². The van der Waals surface area contributed by atoms with Crippen LogP contribution in [0.1, 0.15) is 32.3 Å². The van der Waals surface area contributed by atoms with E-state index < -0.39 is 0 Å². The highest BCUT2D eigenvalue weighted by Gasteiger charge is 2.37. The van der Waals surface area contributed by atoms with Crippen LogP contribution in [0.3, 0.4) is 0 Å². The zero-order valence-electron chi connectivity index (χ0n) is 9.55. The van der Waals surface area contributed by atoms with E-state index in [2.05, 4.69) is 43.4 Å². The molecule has 1 saturated heterocycles. The third-order valence-electron chi connectivity index (χ3n) is 2.97. The molecule has 1 atom stereocenters. The number of rotatable bonds is 5. The smallest absolute Gasteiger partial charge is 0.119 e. The van der Waals surface area contributed by atoms with Crippen LogP contribution in [0.5, 0.6) is 5.75 Å². The Labute approximate surface area is 91.6 Å². The second kappa shape index (κ2) is 4.23.